The molecule has 0 aliphatic carbocycles. The molecule has 45 heavy (non-hydrogen) atoms. The molecular weight excluding hydrogens is 572 g/mol. The first-order valence-electron chi connectivity index (χ1n) is 13.8. The number of carbonyl (C=O) groups is 3. The minimum absolute atomic E-state index is 0.0439. The summed E-state index contributed by atoms with van der Waals surface area (Å²) >= 11 is 0. The Labute approximate surface area is 261 Å². The molecule has 0 saturated carbocycles. The van der Waals surface area contributed by atoms with E-state index < -0.39 is 17.9 Å². The third-order valence-corrected chi connectivity index (χ3v) is 6.56. The number of benzene rings is 4. The fourth-order valence-electron chi connectivity index (χ4n) is 4.27. The van der Waals surface area contributed by atoms with Crippen LogP contribution in [0.15, 0.2) is 128 Å². The Kier molecular flexibility index (Phi) is 11.0. The Morgan fingerprint density at radius 2 is 1.00 bits per heavy atom. The Morgan fingerprint density at radius 3 is 1.51 bits per heavy atom. The summed E-state index contributed by atoms with van der Waals surface area (Å²) in [7, 11) is 2.95. The normalized spacial score (nSPS) is 10.4. The highest BCUT2D eigenvalue weighted by atomic mass is 16.5. The Morgan fingerprint density at radius 1 is 0.578 bits per heavy atom. The van der Waals surface area contributed by atoms with Gasteiger partial charge in [0, 0.05) is 25.9 Å². The van der Waals surface area contributed by atoms with Gasteiger partial charge in [-0.15, -0.1) is 0 Å². The zero-order valence-corrected chi connectivity index (χ0v) is 25.0. The lowest BCUT2D eigenvalue weighted by Gasteiger charge is -2.14. The van der Waals surface area contributed by atoms with Crippen molar-refractivity contribution < 1.29 is 38.1 Å². The van der Waals surface area contributed by atoms with Gasteiger partial charge in [-0.3, -0.25) is 0 Å². The van der Waals surface area contributed by atoms with Crippen LogP contribution in [0.2, 0.25) is 0 Å². The molecule has 0 fully saturated rings. The second kappa shape index (κ2) is 15.2. The largest absolute Gasteiger partial charge is 0.423 e. The highest BCUT2D eigenvalue weighted by molar-refractivity contribution is 5.92. The Bertz CT molecular complexity index is 1720. The van der Waals surface area contributed by atoms with Crippen molar-refractivity contribution in [1.29, 1.82) is 0 Å². The van der Waals surface area contributed by atoms with Gasteiger partial charge in [-0.1, -0.05) is 74.3 Å². The van der Waals surface area contributed by atoms with Gasteiger partial charge in [0.15, 0.2) is 0 Å². The zero-order chi connectivity index (χ0) is 32.3. The summed E-state index contributed by atoms with van der Waals surface area (Å²) < 4.78 is 26.2. The summed E-state index contributed by atoms with van der Waals surface area (Å²) in [5.41, 5.74) is 5.42. The molecule has 0 unspecified atom stereocenters. The zero-order valence-electron chi connectivity index (χ0n) is 25.0. The average Bonchev–Trinajstić information content (AvgIpc) is 3.06. The molecule has 0 heterocycles. The monoisotopic (exact) mass is 604 g/mol. The number of ether oxygens (including phenoxy) is 5. The third kappa shape index (κ3) is 8.51. The van der Waals surface area contributed by atoms with E-state index in [-0.39, 0.29) is 24.4 Å². The predicted molar refractivity (Wildman–Crippen MR) is 172 cm³/mol. The van der Waals surface area contributed by atoms with Crippen LogP contribution < -0.4 is 14.2 Å². The molecule has 8 heteroatoms. The van der Waals surface area contributed by atoms with Crippen molar-refractivity contribution >= 4 is 17.9 Å². The van der Waals surface area contributed by atoms with Crippen LogP contribution in [0.5, 0.6) is 17.2 Å². The van der Waals surface area contributed by atoms with E-state index in [1.165, 1.54) is 14.2 Å². The number of esters is 3. The quantitative estimate of drug-likeness (QED) is 0.0915. The molecule has 0 saturated heterocycles. The molecular formula is C37H32O8. The van der Waals surface area contributed by atoms with Gasteiger partial charge < -0.3 is 23.7 Å². The first-order valence-corrected chi connectivity index (χ1v) is 13.8. The van der Waals surface area contributed by atoms with Crippen LogP contribution in [0, 0.1) is 0 Å². The summed E-state index contributed by atoms with van der Waals surface area (Å²) in [6, 6.07) is 27.4. The molecule has 4 aromatic rings. The minimum atomic E-state index is -0.596. The van der Waals surface area contributed by atoms with E-state index in [1.54, 1.807) is 30.3 Å². The second-order valence-corrected chi connectivity index (χ2v) is 9.81. The van der Waals surface area contributed by atoms with Gasteiger partial charge >= 0.3 is 17.9 Å². The first kappa shape index (κ1) is 32.3. The van der Waals surface area contributed by atoms with Gasteiger partial charge in [0.2, 0.25) is 0 Å². The smallest absolute Gasteiger partial charge is 0.341 e. The molecule has 0 aliphatic heterocycles. The van der Waals surface area contributed by atoms with Crippen molar-refractivity contribution in [2.75, 3.05) is 27.4 Å². The average molecular weight is 605 g/mol. The van der Waals surface area contributed by atoms with Crippen LogP contribution in [-0.4, -0.2) is 45.3 Å². The second-order valence-electron chi connectivity index (χ2n) is 9.81. The van der Waals surface area contributed by atoms with Crippen molar-refractivity contribution in [3.63, 3.8) is 0 Å². The van der Waals surface area contributed by atoms with Gasteiger partial charge in [-0.25, -0.2) is 14.4 Å². The summed E-state index contributed by atoms with van der Waals surface area (Å²) in [4.78, 5) is 36.4. The van der Waals surface area contributed by atoms with Crippen LogP contribution in [0.4, 0.5) is 0 Å². The molecule has 0 radical (unpaired) electrons. The van der Waals surface area contributed by atoms with Gasteiger partial charge in [-0.2, -0.15) is 0 Å². The van der Waals surface area contributed by atoms with Crippen LogP contribution in [0.25, 0.3) is 33.4 Å². The van der Waals surface area contributed by atoms with Crippen molar-refractivity contribution in [1.82, 2.24) is 0 Å². The molecule has 0 bridgehead atoms. The lowest BCUT2D eigenvalue weighted by atomic mass is 9.96. The van der Waals surface area contributed by atoms with E-state index in [0.29, 0.717) is 22.8 Å². The van der Waals surface area contributed by atoms with Crippen molar-refractivity contribution in [3.8, 4) is 50.6 Å². The molecule has 0 N–H and O–H groups in total. The first-order chi connectivity index (χ1) is 21.7. The standard InChI is InChI=1S/C37H32O8/c1-6-35(38)43-31-16-11-27(12-17-31)26-7-9-29(10-8-26)33-21-30(15-20-34(33)45-37(40)25(3)23-42-5)28-13-18-32(19-14-28)44-36(39)24(2)22-41-4/h6-21H,1-3,22-23H2,4-5H3. The molecule has 0 amide bonds. The van der Waals surface area contributed by atoms with Crippen LogP contribution >= 0.6 is 0 Å². The molecule has 0 atom stereocenters. The maximum absolute atomic E-state index is 12.7. The van der Waals surface area contributed by atoms with E-state index in [4.69, 9.17) is 23.7 Å². The summed E-state index contributed by atoms with van der Waals surface area (Å²) in [6.07, 6.45) is 1.11. The number of hydrogen-bond donors (Lipinski definition) is 0. The predicted octanol–water partition coefficient (Wildman–Crippen LogP) is 7.00. The molecule has 4 rings (SSSR count). The molecule has 0 spiro atoms. The molecule has 4 aromatic carbocycles. The minimum Gasteiger partial charge on any atom is -0.423 e. The SMILES string of the molecule is C=CC(=O)Oc1ccc(-c2ccc(-c3cc(-c4ccc(OC(=O)C(=C)COC)cc4)ccc3OC(=O)C(=C)COC)cc2)cc1. The van der Waals surface area contributed by atoms with Gasteiger partial charge in [0.25, 0.3) is 0 Å². The summed E-state index contributed by atoms with van der Waals surface area (Å²) in [5, 5.41) is 0. The van der Waals surface area contributed by atoms with Gasteiger partial charge in [-0.05, 0) is 64.2 Å². The van der Waals surface area contributed by atoms with Crippen molar-refractivity contribution in [2.45, 2.75) is 0 Å². The van der Waals surface area contributed by atoms with E-state index in [1.807, 2.05) is 60.7 Å². The molecule has 0 aliphatic rings. The number of rotatable bonds is 13. The fraction of sp³-hybridized carbons (Fsp3) is 0.108. The highest BCUT2D eigenvalue weighted by Gasteiger charge is 2.16. The number of methoxy groups -OCH3 is 2. The molecule has 0 aromatic heterocycles. The van der Waals surface area contributed by atoms with Gasteiger partial charge in [0.1, 0.15) is 17.2 Å². The van der Waals surface area contributed by atoms with E-state index in [9.17, 15) is 14.4 Å². The fourth-order valence-corrected chi connectivity index (χ4v) is 4.27. The maximum Gasteiger partial charge on any atom is 0.341 e. The maximum atomic E-state index is 12.7. The highest BCUT2D eigenvalue weighted by Crippen LogP contribution is 2.36. The van der Waals surface area contributed by atoms with E-state index in [2.05, 4.69) is 19.7 Å². The van der Waals surface area contributed by atoms with Crippen molar-refractivity contribution in [3.05, 3.63) is 128 Å². The Balaban J connectivity index is 1.63. The summed E-state index contributed by atoms with van der Waals surface area (Å²) in [6.45, 7) is 10.9. The van der Waals surface area contributed by atoms with Crippen LogP contribution in [0.1, 0.15) is 0 Å². The van der Waals surface area contributed by atoms with Crippen LogP contribution in [-0.2, 0) is 23.9 Å². The Hall–Kier alpha value is -5.57. The third-order valence-electron chi connectivity index (χ3n) is 6.56. The van der Waals surface area contributed by atoms with E-state index >= 15 is 0 Å². The lowest BCUT2D eigenvalue weighted by molar-refractivity contribution is -0.131. The topological polar surface area (TPSA) is 97.4 Å². The van der Waals surface area contributed by atoms with Crippen molar-refractivity contribution in [2.24, 2.45) is 0 Å². The molecule has 228 valence electrons. The molecule has 8 nitrogen and oxygen atoms in total. The van der Waals surface area contributed by atoms with Crippen LogP contribution in [0.3, 0.4) is 0 Å². The number of carbonyl (C=O) groups excluding carboxylic acids is 3. The lowest BCUT2D eigenvalue weighted by Crippen LogP contribution is -2.14. The number of hydrogen-bond acceptors (Lipinski definition) is 8. The summed E-state index contributed by atoms with van der Waals surface area (Å²) in [5.74, 6) is -0.554. The van der Waals surface area contributed by atoms with E-state index in [0.717, 1.165) is 33.9 Å². The van der Waals surface area contributed by atoms with Gasteiger partial charge in [0.05, 0.1) is 24.4 Å².